The van der Waals surface area contributed by atoms with Crippen molar-refractivity contribution in [1.82, 2.24) is 9.80 Å². The molecule has 1 fully saturated rings. The molecule has 72 valence electrons. The predicted octanol–water partition coefficient (Wildman–Crippen LogP) is 1.42. The van der Waals surface area contributed by atoms with Crippen LogP contribution in [-0.2, 0) is 0 Å². The van der Waals surface area contributed by atoms with Gasteiger partial charge in [-0.2, -0.15) is 0 Å². The molecule has 0 amide bonds. The summed E-state index contributed by atoms with van der Waals surface area (Å²) in [7, 11) is 4.36. The van der Waals surface area contributed by atoms with E-state index in [4.69, 9.17) is 0 Å². The molecule has 0 radical (unpaired) electrons. The van der Waals surface area contributed by atoms with Crippen LogP contribution in [0.15, 0.2) is 0 Å². The normalized spacial score (nSPS) is 32.2. The summed E-state index contributed by atoms with van der Waals surface area (Å²) in [5.74, 6) is 0. The third-order valence-corrected chi connectivity index (χ3v) is 2.99. The Balaban J connectivity index is 2.50. The number of likely N-dealkylation sites (tertiary alicyclic amines) is 1. The summed E-state index contributed by atoms with van der Waals surface area (Å²) >= 11 is 0. The van der Waals surface area contributed by atoms with Crippen molar-refractivity contribution in [2.45, 2.75) is 45.3 Å². The van der Waals surface area contributed by atoms with Gasteiger partial charge in [0.15, 0.2) is 0 Å². The van der Waals surface area contributed by atoms with Crippen molar-refractivity contribution in [3.63, 3.8) is 0 Å². The summed E-state index contributed by atoms with van der Waals surface area (Å²) < 4.78 is 0. The van der Waals surface area contributed by atoms with Crippen LogP contribution in [0.1, 0.15) is 27.2 Å². The van der Waals surface area contributed by atoms with Crippen LogP contribution in [0.25, 0.3) is 0 Å². The maximum Gasteiger partial charge on any atom is 0.0232 e. The van der Waals surface area contributed by atoms with Crippen LogP contribution in [0.5, 0.6) is 0 Å². The molecule has 1 aliphatic rings. The molecule has 2 heteroatoms. The Hall–Kier alpha value is -0.0800. The number of rotatable bonds is 2. The van der Waals surface area contributed by atoms with E-state index >= 15 is 0 Å². The Morgan fingerprint density at radius 1 is 1.33 bits per heavy atom. The molecule has 1 saturated heterocycles. The van der Waals surface area contributed by atoms with E-state index in [0.717, 1.165) is 12.1 Å². The molecule has 0 aliphatic carbocycles. The van der Waals surface area contributed by atoms with Gasteiger partial charge in [0.25, 0.3) is 0 Å². The van der Waals surface area contributed by atoms with Gasteiger partial charge in [0.1, 0.15) is 0 Å². The first kappa shape index (κ1) is 10.0. The number of hydrogen-bond acceptors (Lipinski definition) is 2. The quantitative estimate of drug-likeness (QED) is 0.618. The summed E-state index contributed by atoms with van der Waals surface area (Å²) in [6.07, 6.45) is 1.32. The van der Waals surface area contributed by atoms with Crippen molar-refractivity contribution >= 4 is 0 Å². The standard InChI is InChI=1S/C10H22N2/c1-8(2)12-7-10(11(4)5)6-9(12)3/h8-10H,6-7H2,1-5H3/t9-,10+/m0/s1. The third kappa shape index (κ3) is 1.99. The van der Waals surface area contributed by atoms with Gasteiger partial charge in [0.2, 0.25) is 0 Å². The molecular formula is C10H22N2. The van der Waals surface area contributed by atoms with Crippen LogP contribution in [0.4, 0.5) is 0 Å². The minimum atomic E-state index is 0.699. The van der Waals surface area contributed by atoms with Gasteiger partial charge in [0, 0.05) is 24.7 Å². The topological polar surface area (TPSA) is 6.48 Å². The summed E-state index contributed by atoms with van der Waals surface area (Å²) in [5, 5.41) is 0. The molecule has 12 heavy (non-hydrogen) atoms. The monoisotopic (exact) mass is 170 g/mol. The molecule has 2 atom stereocenters. The zero-order valence-electron chi connectivity index (χ0n) is 9.04. The highest BCUT2D eigenvalue weighted by Crippen LogP contribution is 2.22. The van der Waals surface area contributed by atoms with Crippen molar-refractivity contribution in [3.05, 3.63) is 0 Å². The van der Waals surface area contributed by atoms with Crippen LogP contribution in [-0.4, -0.2) is 48.6 Å². The number of likely N-dealkylation sites (N-methyl/N-ethyl adjacent to an activating group) is 1. The van der Waals surface area contributed by atoms with Crippen LogP contribution in [0.2, 0.25) is 0 Å². The summed E-state index contributed by atoms with van der Waals surface area (Å²) in [4.78, 5) is 4.93. The molecule has 0 aromatic heterocycles. The number of hydrogen-bond donors (Lipinski definition) is 0. The Labute approximate surface area is 76.5 Å². The highest BCUT2D eigenvalue weighted by molar-refractivity contribution is 4.88. The zero-order valence-corrected chi connectivity index (χ0v) is 9.04. The van der Waals surface area contributed by atoms with Gasteiger partial charge in [-0.05, 0) is 41.3 Å². The molecule has 0 bridgehead atoms. The van der Waals surface area contributed by atoms with Crippen molar-refractivity contribution < 1.29 is 0 Å². The minimum Gasteiger partial charge on any atom is -0.305 e. The van der Waals surface area contributed by atoms with E-state index in [1.165, 1.54) is 13.0 Å². The van der Waals surface area contributed by atoms with Crippen LogP contribution >= 0.6 is 0 Å². The van der Waals surface area contributed by atoms with E-state index in [-0.39, 0.29) is 0 Å². The average molecular weight is 170 g/mol. The minimum absolute atomic E-state index is 0.699. The molecular weight excluding hydrogens is 148 g/mol. The largest absolute Gasteiger partial charge is 0.305 e. The van der Waals surface area contributed by atoms with E-state index in [1.807, 2.05) is 0 Å². The fraction of sp³-hybridized carbons (Fsp3) is 1.00. The molecule has 0 spiro atoms. The van der Waals surface area contributed by atoms with Gasteiger partial charge < -0.3 is 4.90 Å². The lowest BCUT2D eigenvalue weighted by Crippen LogP contribution is -2.36. The fourth-order valence-electron chi connectivity index (χ4n) is 2.12. The van der Waals surface area contributed by atoms with E-state index in [0.29, 0.717) is 6.04 Å². The number of nitrogens with zero attached hydrogens (tertiary/aromatic N) is 2. The predicted molar refractivity (Wildman–Crippen MR) is 53.4 cm³/mol. The molecule has 0 aromatic carbocycles. The Morgan fingerprint density at radius 3 is 2.17 bits per heavy atom. The zero-order chi connectivity index (χ0) is 9.30. The Kier molecular flexibility index (Phi) is 3.13. The molecule has 0 unspecified atom stereocenters. The van der Waals surface area contributed by atoms with Gasteiger partial charge in [-0.25, -0.2) is 0 Å². The lowest BCUT2D eigenvalue weighted by molar-refractivity contribution is 0.203. The van der Waals surface area contributed by atoms with Crippen LogP contribution < -0.4 is 0 Å². The third-order valence-electron chi connectivity index (χ3n) is 2.99. The van der Waals surface area contributed by atoms with Gasteiger partial charge in [-0.15, -0.1) is 0 Å². The van der Waals surface area contributed by atoms with Gasteiger partial charge in [-0.3, -0.25) is 4.90 Å². The van der Waals surface area contributed by atoms with Crippen molar-refractivity contribution in [2.24, 2.45) is 0 Å². The van der Waals surface area contributed by atoms with E-state index < -0.39 is 0 Å². The second-order valence-electron chi connectivity index (χ2n) is 4.49. The summed E-state index contributed by atoms with van der Waals surface area (Å²) in [5.41, 5.74) is 0. The summed E-state index contributed by atoms with van der Waals surface area (Å²) in [6, 6.07) is 2.23. The molecule has 1 heterocycles. The van der Waals surface area contributed by atoms with Gasteiger partial charge in [-0.1, -0.05) is 0 Å². The first-order valence-corrected chi connectivity index (χ1v) is 4.94. The highest BCUT2D eigenvalue weighted by Gasteiger charge is 2.31. The Bertz CT molecular complexity index is 143. The van der Waals surface area contributed by atoms with Crippen molar-refractivity contribution in [1.29, 1.82) is 0 Å². The molecule has 0 N–H and O–H groups in total. The second kappa shape index (κ2) is 3.75. The van der Waals surface area contributed by atoms with Crippen molar-refractivity contribution in [3.8, 4) is 0 Å². The SMILES string of the molecule is CC(C)N1C[C@H](N(C)C)C[C@@H]1C. The fourth-order valence-corrected chi connectivity index (χ4v) is 2.12. The van der Waals surface area contributed by atoms with Gasteiger partial charge in [0.05, 0.1) is 0 Å². The van der Waals surface area contributed by atoms with E-state index in [1.54, 1.807) is 0 Å². The smallest absolute Gasteiger partial charge is 0.0232 e. The van der Waals surface area contributed by atoms with E-state index in [9.17, 15) is 0 Å². The molecule has 0 aromatic rings. The molecule has 1 rings (SSSR count). The van der Waals surface area contributed by atoms with Crippen molar-refractivity contribution in [2.75, 3.05) is 20.6 Å². The lowest BCUT2D eigenvalue weighted by Gasteiger charge is -2.25. The first-order valence-electron chi connectivity index (χ1n) is 4.94. The average Bonchev–Trinajstić information content (AvgIpc) is 2.30. The van der Waals surface area contributed by atoms with Crippen LogP contribution in [0, 0.1) is 0 Å². The highest BCUT2D eigenvalue weighted by atomic mass is 15.3. The van der Waals surface area contributed by atoms with Crippen LogP contribution in [0.3, 0.4) is 0 Å². The Morgan fingerprint density at radius 2 is 1.92 bits per heavy atom. The van der Waals surface area contributed by atoms with E-state index in [2.05, 4.69) is 44.7 Å². The maximum absolute atomic E-state index is 2.59. The molecule has 1 aliphatic heterocycles. The maximum atomic E-state index is 2.59. The first-order chi connectivity index (χ1) is 5.52. The summed E-state index contributed by atoms with van der Waals surface area (Å²) in [6.45, 7) is 8.15. The van der Waals surface area contributed by atoms with Gasteiger partial charge >= 0.3 is 0 Å². The molecule has 0 saturated carbocycles. The lowest BCUT2D eigenvalue weighted by atomic mass is 10.2. The molecule has 2 nitrogen and oxygen atoms in total. The second-order valence-corrected chi connectivity index (χ2v) is 4.49.